The number of rotatable bonds is 5. The summed E-state index contributed by atoms with van der Waals surface area (Å²) in [7, 11) is 0. The standard InChI is InChI=1S/C13H24N4OS/c1-8(15-6-7-16-12(14)18)10-9(2)17-11(19-10)13(3,4)5/h8,15H,6-7H2,1-5H3,(H3,14,16,18). The second-order valence-electron chi connectivity index (χ2n) is 5.69. The van der Waals surface area contributed by atoms with Gasteiger partial charge in [0.15, 0.2) is 0 Å². The summed E-state index contributed by atoms with van der Waals surface area (Å²) in [6.07, 6.45) is 0. The molecule has 4 N–H and O–H groups in total. The third kappa shape index (κ3) is 4.80. The molecule has 1 atom stereocenters. The first-order valence-electron chi connectivity index (χ1n) is 6.46. The molecule has 1 unspecified atom stereocenters. The van der Waals surface area contributed by atoms with E-state index in [0.717, 1.165) is 10.7 Å². The van der Waals surface area contributed by atoms with Gasteiger partial charge in [-0.25, -0.2) is 9.78 Å². The highest BCUT2D eigenvalue weighted by molar-refractivity contribution is 7.12. The number of nitrogens with zero attached hydrogens (tertiary/aromatic N) is 1. The fraction of sp³-hybridized carbons (Fsp3) is 0.692. The first-order chi connectivity index (χ1) is 8.71. The molecule has 0 aliphatic rings. The molecule has 0 saturated carbocycles. The molecule has 0 spiro atoms. The van der Waals surface area contributed by atoms with Crippen LogP contribution in [0, 0.1) is 6.92 Å². The third-order valence-corrected chi connectivity index (χ3v) is 4.51. The van der Waals surface area contributed by atoms with E-state index in [9.17, 15) is 4.79 Å². The number of urea groups is 1. The van der Waals surface area contributed by atoms with Crippen molar-refractivity contribution < 1.29 is 4.79 Å². The summed E-state index contributed by atoms with van der Waals surface area (Å²) in [4.78, 5) is 16.5. The lowest BCUT2D eigenvalue weighted by atomic mass is 9.98. The average Bonchev–Trinajstić information content (AvgIpc) is 2.66. The van der Waals surface area contributed by atoms with E-state index in [-0.39, 0.29) is 11.5 Å². The van der Waals surface area contributed by atoms with Gasteiger partial charge in [-0.15, -0.1) is 11.3 Å². The van der Waals surface area contributed by atoms with Gasteiger partial charge >= 0.3 is 6.03 Å². The highest BCUT2D eigenvalue weighted by atomic mass is 32.1. The zero-order chi connectivity index (χ0) is 14.6. The summed E-state index contributed by atoms with van der Waals surface area (Å²) < 4.78 is 0. The lowest BCUT2D eigenvalue weighted by molar-refractivity contribution is 0.249. The van der Waals surface area contributed by atoms with E-state index in [0.29, 0.717) is 13.1 Å². The molecule has 0 radical (unpaired) electrons. The highest BCUT2D eigenvalue weighted by Gasteiger charge is 2.22. The van der Waals surface area contributed by atoms with Crippen molar-refractivity contribution in [3.05, 3.63) is 15.6 Å². The number of aromatic nitrogens is 1. The van der Waals surface area contributed by atoms with E-state index in [1.54, 1.807) is 11.3 Å². The van der Waals surface area contributed by atoms with Crippen molar-refractivity contribution in [1.29, 1.82) is 0 Å². The number of nitrogens with one attached hydrogen (secondary N) is 2. The van der Waals surface area contributed by atoms with Gasteiger partial charge in [-0.05, 0) is 13.8 Å². The number of amides is 2. The molecule has 108 valence electrons. The van der Waals surface area contributed by atoms with Crippen molar-refractivity contribution >= 4 is 17.4 Å². The quantitative estimate of drug-likeness (QED) is 0.724. The van der Waals surface area contributed by atoms with E-state index >= 15 is 0 Å². The van der Waals surface area contributed by atoms with Gasteiger partial charge in [0.2, 0.25) is 0 Å². The molecule has 1 rings (SSSR count). The molecule has 19 heavy (non-hydrogen) atoms. The van der Waals surface area contributed by atoms with E-state index in [1.165, 1.54) is 4.88 Å². The molecule has 0 bridgehead atoms. The minimum Gasteiger partial charge on any atom is -0.352 e. The van der Waals surface area contributed by atoms with Crippen molar-refractivity contribution in [2.75, 3.05) is 13.1 Å². The number of carbonyl (C=O) groups is 1. The number of hydrogen-bond acceptors (Lipinski definition) is 4. The van der Waals surface area contributed by atoms with Gasteiger partial charge < -0.3 is 16.4 Å². The van der Waals surface area contributed by atoms with Crippen molar-refractivity contribution in [3.63, 3.8) is 0 Å². The molecule has 5 nitrogen and oxygen atoms in total. The molecule has 0 aromatic carbocycles. The van der Waals surface area contributed by atoms with E-state index in [4.69, 9.17) is 5.73 Å². The second kappa shape index (κ2) is 6.34. The lowest BCUT2D eigenvalue weighted by Crippen LogP contribution is -2.35. The van der Waals surface area contributed by atoms with Crippen LogP contribution in [0.25, 0.3) is 0 Å². The SMILES string of the molecule is Cc1nc(C(C)(C)C)sc1C(C)NCCNC(N)=O. The Morgan fingerprint density at radius 3 is 2.53 bits per heavy atom. The maximum absolute atomic E-state index is 10.6. The average molecular weight is 284 g/mol. The molecule has 1 heterocycles. The van der Waals surface area contributed by atoms with Gasteiger partial charge in [0.05, 0.1) is 10.7 Å². The van der Waals surface area contributed by atoms with Gasteiger partial charge in [0.1, 0.15) is 0 Å². The third-order valence-electron chi connectivity index (χ3n) is 2.74. The Kier molecular flexibility index (Phi) is 5.31. The van der Waals surface area contributed by atoms with Crippen LogP contribution in [0.15, 0.2) is 0 Å². The minimum atomic E-state index is -0.488. The summed E-state index contributed by atoms with van der Waals surface area (Å²) in [6, 6.07) is -0.262. The monoisotopic (exact) mass is 284 g/mol. The first-order valence-corrected chi connectivity index (χ1v) is 7.28. The summed E-state index contributed by atoms with van der Waals surface area (Å²) in [5, 5.41) is 7.08. The van der Waals surface area contributed by atoms with E-state index in [2.05, 4.69) is 43.3 Å². The van der Waals surface area contributed by atoms with Crippen LogP contribution >= 0.6 is 11.3 Å². The lowest BCUT2D eigenvalue weighted by Gasteiger charge is -2.14. The number of hydrogen-bond donors (Lipinski definition) is 3. The van der Waals surface area contributed by atoms with E-state index in [1.807, 2.05) is 6.92 Å². The van der Waals surface area contributed by atoms with Crippen LogP contribution in [-0.2, 0) is 5.41 Å². The van der Waals surface area contributed by atoms with Gasteiger partial charge in [-0.3, -0.25) is 0 Å². The summed E-state index contributed by atoms with van der Waals surface area (Å²) >= 11 is 1.75. The zero-order valence-electron chi connectivity index (χ0n) is 12.3. The van der Waals surface area contributed by atoms with Gasteiger partial charge in [-0.2, -0.15) is 0 Å². The number of thiazole rings is 1. The van der Waals surface area contributed by atoms with E-state index < -0.39 is 6.03 Å². The maximum Gasteiger partial charge on any atom is 0.312 e. The van der Waals surface area contributed by atoms with Crippen LogP contribution in [0.3, 0.4) is 0 Å². The molecule has 0 aliphatic carbocycles. The topological polar surface area (TPSA) is 80.0 Å². The fourth-order valence-corrected chi connectivity index (χ4v) is 2.85. The predicted octanol–water partition coefficient (Wildman–Crippen LogP) is 2.07. The molecular weight excluding hydrogens is 260 g/mol. The first kappa shape index (κ1) is 15.9. The molecule has 1 aromatic rings. The number of primary amides is 1. The van der Waals surface area contributed by atoms with Crippen LogP contribution in [0.5, 0.6) is 0 Å². The van der Waals surface area contributed by atoms with Crippen molar-refractivity contribution in [1.82, 2.24) is 15.6 Å². The largest absolute Gasteiger partial charge is 0.352 e. The molecular formula is C13H24N4OS. The molecule has 0 aliphatic heterocycles. The molecule has 2 amide bonds. The van der Waals surface area contributed by atoms with Gasteiger partial charge in [0, 0.05) is 29.4 Å². The Bertz CT molecular complexity index is 436. The summed E-state index contributed by atoms with van der Waals surface area (Å²) in [5.41, 5.74) is 6.18. The predicted molar refractivity (Wildman–Crippen MR) is 79.6 cm³/mol. The van der Waals surface area contributed by atoms with Gasteiger partial charge in [-0.1, -0.05) is 20.8 Å². The highest BCUT2D eigenvalue weighted by Crippen LogP contribution is 2.32. The Morgan fingerprint density at radius 1 is 1.42 bits per heavy atom. The molecule has 6 heteroatoms. The van der Waals surface area contributed by atoms with Crippen molar-refractivity contribution in [2.24, 2.45) is 5.73 Å². The molecule has 1 aromatic heterocycles. The number of aryl methyl sites for hydroxylation is 1. The Labute approximate surface area is 119 Å². The molecule has 0 saturated heterocycles. The second-order valence-corrected chi connectivity index (χ2v) is 6.72. The van der Waals surface area contributed by atoms with Crippen LogP contribution in [0.4, 0.5) is 4.79 Å². The van der Waals surface area contributed by atoms with Crippen LogP contribution < -0.4 is 16.4 Å². The van der Waals surface area contributed by atoms with Crippen molar-refractivity contribution in [3.8, 4) is 0 Å². The molecule has 0 fully saturated rings. The maximum atomic E-state index is 10.6. The minimum absolute atomic E-state index is 0.0842. The Morgan fingerprint density at radius 2 is 2.05 bits per heavy atom. The zero-order valence-corrected chi connectivity index (χ0v) is 13.1. The van der Waals surface area contributed by atoms with Gasteiger partial charge in [0.25, 0.3) is 0 Å². The summed E-state index contributed by atoms with van der Waals surface area (Å²) in [6.45, 7) is 11.9. The number of nitrogens with two attached hydrogens (primary N) is 1. The van der Waals surface area contributed by atoms with Crippen LogP contribution in [0.2, 0.25) is 0 Å². The Balaban J connectivity index is 2.59. The smallest absolute Gasteiger partial charge is 0.312 e. The summed E-state index contributed by atoms with van der Waals surface area (Å²) in [5.74, 6) is 0. The fourth-order valence-electron chi connectivity index (χ4n) is 1.70. The van der Waals surface area contributed by atoms with Crippen molar-refractivity contribution in [2.45, 2.75) is 46.1 Å². The normalized spacial score (nSPS) is 13.3. The van der Waals surface area contributed by atoms with Crippen LogP contribution in [0.1, 0.15) is 49.3 Å². The number of carbonyl (C=O) groups excluding carboxylic acids is 1. The van der Waals surface area contributed by atoms with Crippen LogP contribution in [-0.4, -0.2) is 24.1 Å². The Hall–Kier alpha value is -1.14.